The summed E-state index contributed by atoms with van der Waals surface area (Å²) in [7, 11) is 3.96. The largest absolute Gasteiger partial charge is 0.302 e. The number of fused-ring (bicyclic) bond motifs is 2. The summed E-state index contributed by atoms with van der Waals surface area (Å²) in [6, 6.07) is 0. The molecule has 0 saturated carbocycles. The van der Waals surface area contributed by atoms with E-state index in [-0.39, 0.29) is 11.7 Å². The van der Waals surface area contributed by atoms with E-state index in [4.69, 9.17) is 0 Å². The molecule has 0 bridgehead atoms. The van der Waals surface area contributed by atoms with Crippen LogP contribution in [0.1, 0.15) is 57.5 Å². The van der Waals surface area contributed by atoms with E-state index >= 15 is 0 Å². The van der Waals surface area contributed by atoms with Crippen LogP contribution in [0.5, 0.6) is 0 Å². The van der Waals surface area contributed by atoms with E-state index in [1.807, 2.05) is 35.9 Å². The van der Waals surface area contributed by atoms with Crippen LogP contribution in [0.3, 0.4) is 0 Å². The molecule has 224 valence electrons. The smallest absolute Gasteiger partial charge is 0.223 e. The summed E-state index contributed by atoms with van der Waals surface area (Å²) in [6.07, 6.45) is 12.7. The van der Waals surface area contributed by atoms with Crippen LogP contribution in [0.15, 0.2) is 24.8 Å². The first-order valence-corrected chi connectivity index (χ1v) is 16.0. The predicted molar refractivity (Wildman–Crippen MR) is 164 cm³/mol. The molecule has 0 fully saturated rings. The number of nitrogens with zero attached hydrogens (tertiary/aromatic N) is 8. The fraction of sp³-hybridized carbons (Fsp3) is 0.517. The van der Waals surface area contributed by atoms with Crippen molar-refractivity contribution in [1.82, 2.24) is 39.3 Å². The Balaban J connectivity index is 0.000000168. The minimum atomic E-state index is -0.0763. The highest BCUT2D eigenvalue weighted by Crippen LogP contribution is 2.23. The maximum absolute atomic E-state index is 11.1. The van der Waals surface area contributed by atoms with E-state index in [0.29, 0.717) is 11.6 Å². The number of aryl methyl sites for hydroxylation is 3. The van der Waals surface area contributed by atoms with Crippen molar-refractivity contribution in [2.75, 3.05) is 25.0 Å². The number of carbonyl (C=O) groups is 2. The average molecular weight is 610 g/mol. The summed E-state index contributed by atoms with van der Waals surface area (Å²) < 4.78 is 3.81. The molecule has 1 amide bonds. The van der Waals surface area contributed by atoms with Crippen LogP contribution in [-0.4, -0.2) is 70.7 Å². The molecular weight excluding hydrogens is 571 g/mol. The summed E-state index contributed by atoms with van der Waals surface area (Å²) in [6.45, 7) is 8.98. The zero-order valence-corrected chi connectivity index (χ0v) is 26.4. The van der Waals surface area contributed by atoms with Crippen LogP contribution < -0.4 is 5.32 Å². The number of carbonyl (C=O) groups excluding carboxylic acids is 2. The molecule has 0 aliphatic carbocycles. The second-order valence-corrected chi connectivity index (χ2v) is 13.4. The predicted octanol–water partition coefficient (Wildman–Crippen LogP) is 3.39. The first kappa shape index (κ1) is 30.2. The molecule has 11 nitrogen and oxygen atoms in total. The number of amides is 1. The maximum Gasteiger partial charge on any atom is 0.223 e. The van der Waals surface area contributed by atoms with Crippen molar-refractivity contribution in [1.29, 1.82) is 0 Å². The van der Waals surface area contributed by atoms with Crippen molar-refractivity contribution in [2.24, 2.45) is 14.1 Å². The lowest BCUT2D eigenvalue weighted by Crippen LogP contribution is -2.25. The van der Waals surface area contributed by atoms with E-state index in [1.54, 1.807) is 29.6 Å². The minimum absolute atomic E-state index is 0.0763. The number of aromatic nitrogens is 6. The molecule has 1 N–H and O–H groups in total. The van der Waals surface area contributed by atoms with Gasteiger partial charge in [0.15, 0.2) is 5.13 Å². The van der Waals surface area contributed by atoms with Gasteiger partial charge in [0.1, 0.15) is 10.8 Å². The van der Waals surface area contributed by atoms with Gasteiger partial charge in [-0.25, -0.2) is 9.97 Å². The van der Waals surface area contributed by atoms with Gasteiger partial charge in [-0.1, -0.05) is 0 Å². The molecular formula is C29H39N9O2S2. The molecule has 0 spiro atoms. The van der Waals surface area contributed by atoms with Crippen LogP contribution in [0.2, 0.25) is 0 Å². The zero-order valence-electron chi connectivity index (χ0n) is 24.8. The summed E-state index contributed by atoms with van der Waals surface area (Å²) in [5.74, 6) is 0.0956. The molecule has 4 aromatic rings. The number of thiazole rings is 2. The monoisotopic (exact) mass is 609 g/mol. The van der Waals surface area contributed by atoms with Gasteiger partial charge in [-0.15, -0.1) is 22.7 Å². The van der Waals surface area contributed by atoms with Crippen LogP contribution in [0.25, 0.3) is 0 Å². The van der Waals surface area contributed by atoms with Crippen molar-refractivity contribution in [3.63, 3.8) is 0 Å². The average Bonchev–Trinajstić information content (AvgIpc) is 3.65. The van der Waals surface area contributed by atoms with Gasteiger partial charge in [0.25, 0.3) is 0 Å². The van der Waals surface area contributed by atoms with Gasteiger partial charge in [-0.05, 0) is 38.3 Å². The van der Waals surface area contributed by atoms with Gasteiger partial charge in [0.2, 0.25) is 5.91 Å². The molecule has 0 atom stereocenters. The molecule has 4 aromatic heterocycles. The number of hydrogen-bond donors (Lipinski definition) is 1. The van der Waals surface area contributed by atoms with Crippen LogP contribution >= 0.6 is 22.7 Å². The Bertz CT molecular complexity index is 1490. The summed E-state index contributed by atoms with van der Waals surface area (Å²) >= 11 is 3.20. The van der Waals surface area contributed by atoms with Crippen molar-refractivity contribution in [2.45, 2.75) is 65.6 Å². The van der Waals surface area contributed by atoms with Gasteiger partial charge in [-0.3, -0.25) is 28.8 Å². The van der Waals surface area contributed by atoms with Crippen molar-refractivity contribution in [3.8, 4) is 0 Å². The van der Waals surface area contributed by atoms with Crippen molar-refractivity contribution < 1.29 is 9.59 Å². The number of rotatable bonds is 7. The lowest BCUT2D eigenvalue weighted by Gasteiger charge is -2.18. The Kier molecular flexibility index (Phi) is 9.93. The van der Waals surface area contributed by atoms with Crippen molar-refractivity contribution in [3.05, 3.63) is 62.1 Å². The van der Waals surface area contributed by atoms with Gasteiger partial charge in [0.05, 0.1) is 17.8 Å². The van der Waals surface area contributed by atoms with Crippen LogP contribution in [0.4, 0.5) is 5.13 Å². The van der Waals surface area contributed by atoms with Crippen molar-refractivity contribution >= 4 is 39.5 Å². The third kappa shape index (κ3) is 8.40. The Morgan fingerprint density at radius 1 is 0.833 bits per heavy atom. The van der Waals surface area contributed by atoms with E-state index < -0.39 is 0 Å². The lowest BCUT2D eigenvalue weighted by molar-refractivity contribution is -0.116. The Hall–Kier alpha value is -3.26. The highest BCUT2D eigenvalue weighted by atomic mass is 32.1. The summed E-state index contributed by atoms with van der Waals surface area (Å²) in [5.41, 5.74) is 5.16. The topological polar surface area (TPSA) is 114 Å². The van der Waals surface area contributed by atoms with E-state index in [0.717, 1.165) is 70.0 Å². The molecule has 6 rings (SSSR count). The molecule has 0 radical (unpaired) electrons. The van der Waals surface area contributed by atoms with Gasteiger partial charge in [-0.2, -0.15) is 10.2 Å². The fourth-order valence-electron chi connectivity index (χ4n) is 5.41. The Morgan fingerprint density at radius 3 is 2.26 bits per heavy atom. The maximum atomic E-state index is 11.1. The first-order chi connectivity index (χ1) is 20.2. The van der Waals surface area contributed by atoms with Crippen LogP contribution in [0, 0.1) is 0 Å². The molecule has 13 heteroatoms. The quantitative estimate of drug-likeness (QED) is 0.339. The highest BCUT2D eigenvalue weighted by molar-refractivity contribution is 7.15. The summed E-state index contributed by atoms with van der Waals surface area (Å²) in [4.78, 5) is 38.0. The number of nitrogens with one attached hydrogen (secondary N) is 1. The first-order valence-electron chi connectivity index (χ1n) is 14.3. The zero-order chi connectivity index (χ0) is 29.6. The SMILES string of the molecule is CC(=O)Cc1ncc(CN2CCCc3nn(C)cc3C2)s1.CC(=O)Nc1ncc(CN2CCc3cn(C)nc3CC2)s1. The number of ketones is 1. The van der Waals surface area contributed by atoms with Gasteiger partial charge < -0.3 is 5.32 Å². The molecule has 0 saturated heterocycles. The minimum Gasteiger partial charge on any atom is -0.302 e. The van der Waals surface area contributed by atoms with E-state index in [2.05, 4.69) is 47.7 Å². The molecule has 0 unspecified atom stereocenters. The highest BCUT2D eigenvalue weighted by Gasteiger charge is 2.19. The molecule has 42 heavy (non-hydrogen) atoms. The standard InChI is InChI=1S/C15H20N4OS.C14H19N5OS/c1-11(20)6-15-16-7-13(21-15)10-19-5-3-4-14-12(9-19)8-18(2)17-14;1-10(20)16-14-15-7-12(21-14)9-19-5-3-11-8-18(2)17-13(11)4-6-19/h7-8H,3-6,9-10H2,1-2H3;7-8H,3-6,9H2,1-2H3,(H,15,16,20). The van der Waals surface area contributed by atoms with Gasteiger partial charge in [0, 0.05) is 100 Å². The Labute approximate surface area is 254 Å². The van der Waals surface area contributed by atoms with Gasteiger partial charge >= 0.3 is 0 Å². The van der Waals surface area contributed by atoms with Crippen LogP contribution in [-0.2, 0) is 69.0 Å². The third-order valence-electron chi connectivity index (χ3n) is 7.22. The third-order valence-corrected chi connectivity index (χ3v) is 9.10. The molecule has 6 heterocycles. The number of Topliss-reactive ketones (excluding diaryl/α,β-unsaturated/α-hetero) is 1. The molecule has 0 aromatic carbocycles. The van der Waals surface area contributed by atoms with E-state index in [9.17, 15) is 9.59 Å². The fourth-order valence-corrected chi connectivity index (χ4v) is 7.35. The lowest BCUT2D eigenvalue weighted by atomic mass is 10.2. The molecule has 2 aliphatic rings. The number of hydrogen-bond acceptors (Lipinski definition) is 10. The van der Waals surface area contributed by atoms with E-state index in [1.165, 1.54) is 39.2 Å². The Morgan fingerprint density at radius 2 is 1.50 bits per heavy atom. The second kappa shape index (κ2) is 13.8. The molecule has 2 aliphatic heterocycles. The second-order valence-electron chi connectivity index (χ2n) is 11.1. The summed E-state index contributed by atoms with van der Waals surface area (Å²) in [5, 5.41) is 13.4. The normalized spacial score (nSPS) is 15.6. The number of anilines is 1.